The fourth-order valence-electron chi connectivity index (χ4n) is 2.17. The number of hydrogen-bond donors (Lipinski definition) is 5. The molecule has 19 heavy (non-hydrogen) atoms. The van der Waals surface area contributed by atoms with Gasteiger partial charge in [-0.05, 0) is 32.6 Å². The summed E-state index contributed by atoms with van der Waals surface area (Å²) in [5.41, 5.74) is 11.4. The van der Waals surface area contributed by atoms with Crippen molar-refractivity contribution in [1.82, 2.24) is 16.0 Å². The van der Waals surface area contributed by atoms with Gasteiger partial charge in [-0.2, -0.15) is 0 Å². The second-order valence-electron chi connectivity index (χ2n) is 5.88. The van der Waals surface area contributed by atoms with Gasteiger partial charge in [0.1, 0.15) is 5.84 Å². The van der Waals surface area contributed by atoms with Gasteiger partial charge in [0.2, 0.25) is 5.91 Å². The summed E-state index contributed by atoms with van der Waals surface area (Å²) in [6.07, 6.45) is 6.00. The van der Waals surface area contributed by atoms with Crippen molar-refractivity contribution in [3.63, 3.8) is 0 Å². The number of amidine groups is 1. The summed E-state index contributed by atoms with van der Waals surface area (Å²) in [4.78, 5) is 15.6. The fourth-order valence-corrected chi connectivity index (χ4v) is 2.17. The zero-order chi connectivity index (χ0) is 13.7. The monoisotopic (exact) mass is 264 g/mol. The van der Waals surface area contributed by atoms with Gasteiger partial charge in [0.15, 0.2) is 0 Å². The van der Waals surface area contributed by atoms with E-state index in [9.17, 15) is 4.79 Å². The van der Waals surface area contributed by atoms with Crippen LogP contribution in [-0.2, 0) is 4.79 Å². The average molecular weight is 264 g/mol. The zero-order valence-electron chi connectivity index (χ0n) is 11.0. The number of carbonyl (C=O) groups is 1. The molecular weight excluding hydrogens is 244 g/mol. The van der Waals surface area contributed by atoms with E-state index < -0.39 is 11.8 Å². The Kier molecular flexibility index (Phi) is 2.58. The molecule has 0 saturated heterocycles. The lowest BCUT2D eigenvalue weighted by Gasteiger charge is -2.37. The van der Waals surface area contributed by atoms with Gasteiger partial charge < -0.3 is 16.8 Å². The standard InChI is InChI=1S/C12H20N6O/c1-11(4-5-11)18-12(16-7-2-3-7)15-6-8(10(14)19)9(13)17-12/h6-7,15-16,18H,2-5H2,1H3,(H2,13,17)(H2,14,19). The van der Waals surface area contributed by atoms with Crippen LogP contribution in [0, 0.1) is 0 Å². The highest BCUT2D eigenvalue weighted by atomic mass is 16.1. The largest absolute Gasteiger partial charge is 0.383 e. The van der Waals surface area contributed by atoms with Crippen LogP contribution in [0.1, 0.15) is 32.6 Å². The van der Waals surface area contributed by atoms with Crippen molar-refractivity contribution in [2.24, 2.45) is 16.5 Å². The van der Waals surface area contributed by atoms with Crippen LogP contribution in [-0.4, -0.2) is 29.2 Å². The predicted molar refractivity (Wildman–Crippen MR) is 71.7 cm³/mol. The van der Waals surface area contributed by atoms with E-state index in [-0.39, 0.29) is 16.9 Å². The smallest absolute Gasteiger partial charge is 0.253 e. The van der Waals surface area contributed by atoms with Crippen molar-refractivity contribution in [1.29, 1.82) is 0 Å². The van der Waals surface area contributed by atoms with E-state index in [2.05, 4.69) is 27.9 Å². The molecule has 2 saturated carbocycles. The zero-order valence-corrected chi connectivity index (χ0v) is 11.0. The first-order valence-corrected chi connectivity index (χ1v) is 6.62. The normalized spacial score (nSPS) is 32.1. The van der Waals surface area contributed by atoms with Gasteiger partial charge >= 0.3 is 0 Å². The highest BCUT2D eigenvalue weighted by Crippen LogP contribution is 2.37. The van der Waals surface area contributed by atoms with Crippen LogP contribution in [0.5, 0.6) is 0 Å². The van der Waals surface area contributed by atoms with Crippen LogP contribution < -0.4 is 27.4 Å². The Balaban J connectivity index is 1.82. The Hall–Kier alpha value is -1.60. The third-order valence-corrected chi connectivity index (χ3v) is 3.73. The molecule has 3 aliphatic rings. The lowest BCUT2D eigenvalue weighted by atomic mass is 10.2. The van der Waals surface area contributed by atoms with Gasteiger partial charge in [0, 0.05) is 17.8 Å². The summed E-state index contributed by atoms with van der Waals surface area (Å²) in [6.45, 7) is 2.14. The number of hydrogen-bond acceptors (Lipinski definition) is 6. The molecule has 7 heteroatoms. The first-order chi connectivity index (χ1) is 8.91. The quantitative estimate of drug-likeness (QED) is 0.401. The molecule has 0 spiro atoms. The van der Waals surface area contributed by atoms with Gasteiger partial charge in [0.25, 0.3) is 5.91 Å². The third-order valence-electron chi connectivity index (χ3n) is 3.73. The van der Waals surface area contributed by atoms with E-state index in [0.717, 1.165) is 25.7 Å². The topological polar surface area (TPSA) is 118 Å². The Morgan fingerprint density at radius 3 is 2.68 bits per heavy atom. The molecule has 1 heterocycles. The molecule has 0 bridgehead atoms. The van der Waals surface area contributed by atoms with Gasteiger partial charge in [-0.1, -0.05) is 0 Å². The minimum atomic E-state index is -0.824. The molecule has 0 aromatic heterocycles. The predicted octanol–water partition coefficient (Wildman–Crippen LogP) is -1.18. The first-order valence-electron chi connectivity index (χ1n) is 6.62. The van der Waals surface area contributed by atoms with E-state index in [1.165, 1.54) is 0 Å². The van der Waals surface area contributed by atoms with Crippen LogP contribution in [0.2, 0.25) is 0 Å². The lowest BCUT2D eigenvalue weighted by molar-refractivity contribution is -0.114. The Labute approximate surface area is 111 Å². The molecule has 2 fully saturated rings. The number of nitrogens with two attached hydrogens (primary N) is 2. The van der Waals surface area contributed by atoms with Crippen molar-refractivity contribution in [3.05, 3.63) is 11.8 Å². The van der Waals surface area contributed by atoms with Crippen molar-refractivity contribution in [3.8, 4) is 0 Å². The molecule has 1 atom stereocenters. The van der Waals surface area contributed by atoms with Crippen LogP contribution in [0.15, 0.2) is 16.8 Å². The van der Waals surface area contributed by atoms with Gasteiger partial charge in [-0.25, -0.2) is 4.99 Å². The molecule has 1 aliphatic heterocycles. The van der Waals surface area contributed by atoms with Crippen molar-refractivity contribution < 1.29 is 4.79 Å². The fraction of sp³-hybridized carbons (Fsp3) is 0.667. The molecular formula is C12H20N6O. The van der Waals surface area contributed by atoms with E-state index >= 15 is 0 Å². The van der Waals surface area contributed by atoms with Crippen LogP contribution in [0.4, 0.5) is 0 Å². The maximum absolute atomic E-state index is 11.2. The molecule has 2 aliphatic carbocycles. The summed E-state index contributed by atoms with van der Waals surface area (Å²) < 4.78 is 0. The first kappa shape index (κ1) is 12.4. The maximum atomic E-state index is 11.2. The minimum Gasteiger partial charge on any atom is -0.383 e. The summed E-state index contributed by atoms with van der Waals surface area (Å²) in [5.74, 6) is -1.24. The number of nitrogens with one attached hydrogen (secondary N) is 3. The van der Waals surface area contributed by atoms with E-state index in [0.29, 0.717) is 6.04 Å². The van der Waals surface area contributed by atoms with Gasteiger partial charge in [0.05, 0.1) is 5.57 Å². The molecule has 1 amide bonds. The highest BCUT2D eigenvalue weighted by molar-refractivity contribution is 6.19. The molecule has 0 aromatic carbocycles. The summed E-state index contributed by atoms with van der Waals surface area (Å²) >= 11 is 0. The van der Waals surface area contributed by atoms with E-state index in [4.69, 9.17) is 11.5 Å². The number of aliphatic imine (C=N–C) groups is 1. The number of amides is 1. The second-order valence-corrected chi connectivity index (χ2v) is 5.88. The molecule has 3 rings (SSSR count). The van der Waals surface area contributed by atoms with Crippen LogP contribution in [0.25, 0.3) is 0 Å². The summed E-state index contributed by atoms with van der Waals surface area (Å²) in [6, 6.07) is 0.433. The second kappa shape index (κ2) is 3.94. The Morgan fingerprint density at radius 1 is 1.53 bits per heavy atom. The molecule has 1 unspecified atom stereocenters. The van der Waals surface area contributed by atoms with Crippen molar-refractivity contribution in [2.45, 2.75) is 50.1 Å². The minimum absolute atomic E-state index is 0.0662. The molecule has 0 radical (unpaired) electrons. The number of rotatable bonds is 5. The van der Waals surface area contributed by atoms with Crippen molar-refractivity contribution in [2.75, 3.05) is 0 Å². The maximum Gasteiger partial charge on any atom is 0.253 e. The van der Waals surface area contributed by atoms with Crippen LogP contribution >= 0.6 is 0 Å². The SMILES string of the molecule is CC1(NC2(NC3CC3)N=C(N)C(C(N)=O)=CN2)CC1. The summed E-state index contributed by atoms with van der Waals surface area (Å²) in [7, 11) is 0. The molecule has 104 valence electrons. The number of primary amides is 1. The average Bonchev–Trinajstić information content (AvgIpc) is 3.19. The molecule has 7 N–H and O–H groups in total. The van der Waals surface area contributed by atoms with E-state index in [1.807, 2.05) is 0 Å². The molecule has 7 nitrogen and oxygen atoms in total. The van der Waals surface area contributed by atoms with Crippen molar-refractivity contribution >= 4 is 11.7 Å². The molecule has 0 aromatic rings. The third kappa shape index (κ3) is 2.57. The van der Waals surface area contributed by atoms with Gasteiger partial charge in [-0.3, -0.25) is 15.4 Å². The highest BCUT2D eigenvalue weighted by Gasteiger charge is 2.47. The summed E-state index contributed by atoms with van der Waals surface area (Å²) in [5, 5.41) is 9.97. The van der Waals surface area contributed by atoms with Crippen LogP contribution in [0.3, 0.4) is 0 Å². The Morgan fingerprint density at radius 2 is 2.21 bits per heavy atom. The number of nitrogens with zero attached hydrogens (tertiary/aromatic N) is 1. The Bertz CT molecular complexity index is 477. The van der Waals surface area contributed by atoms with Gasteiger partial charge in [-0.15, -0.1) is 0 Å². The van der Waals surface area contributed by atoms with E-state index in [1.54, 1.807) is 6.20 Å². The lowest BCUT2D eigenvalue weighted by Crippen LogP contribution is -2.69. The number of carbonyl (C=O) groups excluding carboxylic acids is 1.